The lowest BCUT2D eigenvalue weighted by atomic mass is 9.97. The van der Waals surface area contributed by atoms with Crippen LogP contribution in [0.15, 0.2) is 12.7 Å². The van der Waals surface area contributed by atoms with E-state index in [1.807, 2.05) is 6.08 Å². The third-order valence-electron chi connectivity index (χ3n) is 3.95. The molecule has 5 N–H and O–H groups in total. The van der Waals surface area contributed by atoms with Crippen molar-refractivity contribution in [1.29, 1.82) is 0 Å². The Morgan fingerprint density at radius 3 is 2.00 bits per heavy atom. The molecular formula is C17H34O6. The van der Waals surface area contributed by atoms with Gasteiger partial charge in [0.15, 0.2) is 6.29 Å². The van der Waals surface area contributed by atoms with Gasteiger partial charge in [-0.05, 0) is 19.3 Å². The van der Waals surface area contributed by atoms with Crippen molar-refractivity contribution in [2.75, 3.05) is 13.2 Å². The van der Waals surface area contributed by atoms with Gasteiger partial charge in [0.05, 0.1) is 6.10 Å². The molecule has 23 heavy (non-hydrogen) atoms. The van der Waals surface area contributed by atoms with E-state index in [9.17, 15) is 20.4 Å². The molecule has 138 valence electrons. The first-order chi connectivity index (χ1) is 11.0. The zero-order valence-electron chi connectivity index (χ0n) is 14.2. The van der Waals surface area contributed by atoms with Crippen molar-refractivity contribution in [2.45, 2.75) is 76.5 Å². The Morgan fingerprint density at radius 1 is 0.870 bits per heavy atom. The molecule has 0 saturated heterocycles. The summed E-state index contributed by atoms with van der Waals surface area (Å²) in [5.74, 6) is -0.604. The first-order valence-corrected chi connectivity index (χ1v) is 8.51. The number of aliphatic hydroxyl groups is 5. The van der Waals surface area contributed by atoms with E-state index in [1.165, 1.54) is 13.3 Å². The molecular weight excluding hydrogens is 300 g/mol. The van der Waals surface area contributed by atoms with E-state index in [1.54, 1.807) is 0 Å². The number of rotatable bonds is 15. The highest BCUT2D eigenvalue weighted by Crippen LogP contribution is 2.14. The Bertz CT molecular complexity index is 286. The highest BCUT2D eigenvalue weighted by molar-refractivity contribution is 4.80. The van der Waals surface area contributed by atoms with Gasteiger partial charge < -0.3 is 30.3 Å². The van der Waals surface area contributed by atoms with Crippen LogP contribution in [0.4, 0.5) is 0 Å². The summed E-state index contributed by atoms with van der Waals surface area (Å²) >= 11 is 0. The summed E-state index contributed by atoms with van der Waals surface area (Å²) < 4.78 is 5.09. The van der Waals surface area contributed by atoms with E-state index < -0.39 is 30.5 Å². The van der Waals surface area contributed by atoms with E-state index in [4.69, 9.17) is 9.84 Å². The minimum Gasteiger partial charge on any atom is -0.396 e. The van der Waals surface area contributed by atoms with Crippen molar-refractivity contribution in [2.24, 2.45) is 5.92 Å². The number of unbranched alkanes of at least 4 members (excludes halogenated alkanes) is 6. The zero-order valence-corrected chi connectivity index (χ0v) is 14.2. The van der Waals surface area contributed by atoms with E-state index in [-0.39, 0.29) is 13.2 Å². The molecule has 0 bridgehead atoms. The van der Waals surface area contributed by atoms with Crippen LogP contribution in [0.25, 0.3) is 0 Å². The second-order valence-electron chi connectivity index (χ2n) is 6.09. The fourth-order valence-electron chi connectivity index (χ4n) is 2.22. The molecule has 6 nitrogen and oxygen atoms in total. The molecule has 0 aromatic carbocycles. The first kappa shape index (κ1) is 22.5. The summed E-state index contributed by atoms with van der Waals surface area (Å²) in [4.78, 5) is 0. The normalized spacial score (nSPS) is 18.2. The quantitative estimate of drug-likeness (QED) is 0.173. The standard InChI is InChI=1S/C17H34O6/c1-3-4-5-6-7-8-9-10-11-23-17(22)16(21)15(20)14(19)13(2)12-18/h3,13-22H,1,4-12H2,2H3. The van der Waals surface area contributed by atoms with Gasteiger partial charge in [0, 0.05) is 19.1 Å². The predicted octanol–water partition coefficient (Wildman–Crippen LogP) is 0.949. The molecule has 0 fully saturated rings. The maximum atomic E-state index is 9.75. The number of ether oxygens (including phenoxy) is 1. The Morgan fingerprint density at radius 2 is 1.43 bits per heavy atom. The lowest BCUT2D eigenvalue weighted by Crippen LogP contribution is -2.48. The van der Waals surface area contributed by atoms with Gasteiger partial charge in [0.1, 0.15) is 12.2 Å². The van der Waals surface area contributed by atoms with Gasteiger partial charge in [-0.3, -0.25) is 0 Å². The van der Waals surface area contributed by atoms with E-state index in [0.29, 0.717) is 0 Å². The van der Waals surface area contributed by atoms with Crippen LogP contribution in [0.5, 0.6) is 0 Å². The van der Waals surface area contributed by atoms with Crippen LogP contribution in [0.2, 0.25) is 0 Å². The van der Waals surface area contributed by atoms with Crippen LogP contribution in [0.1, 0.15) is 51.9 Å². The molecule has 0 heterocycles. The lowest BCUT2D eigenvalue weighted by Gasteiger charge is -2.28. The van der Waals surface area contributed by atoms with Crippen LogP contribution < -0.4 is 0 Å². The van der Waals surface area contributed by atoms with Crippen LogP contribution in [0, 0.1) is 5.92 Å². The molecule has 0 aliphatic carbocycles. The van der Waals surface area contributed by atoms with Gasteiger partial charge in [0.25, 0.3) is 0 Å². The third-order valence-corrected chi connectivity index (χ3v) is 3.95. The Balaban J connectivity index is 3.75. The highest BCUT2D eigenvalue weighted by Gasteiger charge is 2.33. The third kappa shape index (κ3) is 10.1. The first-order valence-electron chi connectivity index (χ1n) is 8.51. The summed E-state index contributed by atoms with van der Waals surface area (Å²) in [7, 11) is 0. The molecule has 0 saturated carbocycles. The van der Waals surface area contributed by atoms with Crippen molar-refractivity contribution in [3.05, 3.63) is 12.7 Å². The molecule has 0 spiro atoms. The van der Waals surface area contributed by atoms with Gasteiger partial charge in [-0.2, -0.15) is 0 Å². The van der Waals surface area contributed by atoms with E-state index in [2.05, 4.69) is 6.58 Å². The van der Waals surface area contributed by atoms with Gasteiger partial charge in [-0.1, -0.05) is 38.7 Å². The van der Waals surface area contributed by atoms with Gasteiger partial charge in [-0.15, -0.1) is 6.58 Å². The average Bonchev–Trinajstić information content (AvgIpc) is 2.57. The molecule has 0 aliphatic heterocycles. The van der Waals surface area contributed by atoms with Gasteiger partial charge >= 0.3 is 0 Å². The predicted molar refractivity (Wildman–Crippen MR) is 88.7 cm³/mol. The highest BCUT2D eigenvalue weighted by atomic mass is 16.6. The van der Waals surface area contributed by atoms with Crippen molar-refractivity contribution in [3.8, 4) is 0 Å². The van der Waals surface area contributed by atoms with Crippen molar-refractivity contribution < 1.29 is 30.3 Å². The van der Waals surface area contributed by atoms with Crippen LogP contribution in [-0.2, 0) is 4.74 Å². The second kappa shape index (κ2) is 13.9. The molecule has 5 atom stereocenters. The Kier molecular flexibility index (Phi) is 13.6. The van der Waals surface area contributed by atoms with Crippen LogP contribution in [0.3, 0.4) is 0 Å². The number of hydrogen-bond donors (Lipinski definition) is 5. The maximum Gasteiger partial charge on any atom is 0.183 e. The van der Waals surface area contributed by atoms with Gasteiger partial charge in [-0.25, -0.2) is 0 Å². The van der Waals surface area contributed by atoms with Crippen LogP contribution in [-0.4, -0.2) is 63.3 Å². The summed E-state index contributed by atoms with van der Waals surface area (Å²) in [6.45, 7) is 5.17. The Labute approximate surface area is 139 Å². The maximum absolute atomic E-state index is 9.75. The molecule has 0 amide bonds. The second-order valence-corrected chi connectivity index (χ2v) is 6.09. The van der Waals surface area contributed by atoms with Crippen molar-refractivity contribution in [3.63, 3.8) is 0 Å². The van der Waals surface area contributed by atoms with Crippen molar-refractivity contribution >= 4 is 0 Å². The molecule has 0 aromatic rings. The molecule has 5 unspecified atom stereocenters. The molecule has 0 radical (unpaired) electrons. The van der Waals surface area contributed by atoms with Crippen LogP contribution >= 0.6 is 0 Å². The number of aliphatic hydroxyl groups excluding tert-OH is 5. The SMILES string of the molecule is C=CCCCCCCCCOC(O)C(O)C(O)C(O)C(C)CO. The molecule has 0 rings (SSSR count). The average molecular weight is 334 g/mol. The molecule has 0 aromatic heterocycles. The zero-order chi connectivity index (χ0) is 17.7. The largest absolute Gasteiger partial charge is 0.396 e. The minimum atomic E-state index is -1.61. The van der Waals surface area contributed by atoms with E-state index >= 15 is 0 Å². The summed E-state index contributed by atoms with van der Waals surface area (Å²) in [5, 5.41) is 47.8. The summed E-state index contributed by atoms with van der Waals surface area (Å²) in [6, 6.07) is 0. The number of hydrogen-bond acceptors (Lipinski definition) is 6. The van der Waals surface area contributed by atoms with Crippen molar-refractivity contribution in [1.82, 2.24) is 0 Å². The number of allylic oxidation sites excluding steroid dienone is 1. The monoisotopic (exact) mass is 334 g/mol. The van der Waals surface area contributed by atoms with Gasteiger partial charge in [0.2, 0.25) is 0 Å². The topological polar surface area (TPSA) is 110 Å². The summed E-state index contributed by atoms with van der Waals surface area (Å²) in [5.41, 5.74) is 0. The fraction of sp³-hybridized carbons (Fsp3) is 0.882. The Hall–Kier alpha value is -0.500. The molecule has 0 aliphatic rings. The van der Waals surface area contributed by atoms with E-state index in [0.717, 1.165) is 38.5 Å². The smallest absolute Gasteiger partial charge is 0.183 e. The lowest BCUT2D eigenvalue weighted by molar-refractivity contribution is -0.207. The fourth-order valence-corrected chi connectivity index (χ4v) is 2.22. The summed E-state index contributed by atoms with van der Waals surface area (Å²) in [6.07, 6.45) is 3.23. The minimum absolute atomic E-state index is 0.281. The molecule has 6 heteroatoms.